The van der Waals surface area contributed by atoms with E-state index >= 15 is 0 Å². The van der Waals surface area contributed by atoms with E-state index in [1.807, 2.05) is 11.4 Å². The Bertz CT molecular complexity index is 977. The molecule has 1 heterocycles. The molecule has 154 valence electrons. The van der Waals surface area contributed by atoms with Crippen molar-refractivity contribution >= 4 is 11.7 Å². The number of alkyl halides is 3. The molecule has 1 amide bonds. The van der Waals surface area contributed by atoms with Crippen LogP contribution in [0.1, 0.15) is 56.4 Å². The van der Waals surface area contributed by atoms with Gasteiger partial charge in [0.15, 0.2) is 0 Å². The lowest BCUT2D eigenvalue weighted by Crippen LogP contribution is -2.40. The number of hydrogen-bond acceptors (Lipinski definition) is 4. The van der Waals surface area contributed by atoms with Crippen LogP contribution < -0.4 is 5.32 Å². The number of carbonyl (C=O) groups is 1. The molecular weight excluding hydrogens is 385 g/mol. The van der Waals surface area contributed by atoms with Gasteiger partial charge in [0.2, 0.25) is 0 Å². The molecule has 0 unspecified atom stereocenters. The number of aromatic nitrogens is 2. The quantitative estimate of drug-likeness (QED) is 0.812. The Morgan fingerprint density at radius 3 is 2.52 bits per heavy atom. The minimum Gasteiger partial charge on any atom is -0.385 e. The summed E-state index contributed by atoms with van der Waals surface area (Å²) in [5, 5.41) is 26.2. The maximum atomic E-state index is 12.7. The van der Waals surface area contributed by atoms with Gasteiger partial charge in [0.1, 0.15) is 5.82 Å². The molecule has 29 heavy (non-hydrogen) atoms. The largest absolute Gasteiger partial charge is 0.471 e. The third-order valence-corrected chi connectivity index (χ3v) is 4.98. The number of hydrogen-bond donors (Lipinski definition) is 2. The highest BCUT2D eigenvalue weighted by molar-refractivity contribution is 5.94. The number of benzene rings is 1. The average Bonchev–Trinajstić information content (AvgIpc) is 3.02. The summed E-state index contributed by atoms with van der Waals surface area (Å²) in [6.07, 6.45) is -4.37. The predicted octanol–water partition coefficient (Wildman–Crippen LogP) is 3.78. The number of nitrogens with one attached hydrogen (secondary N) is 1. The third-order valence-electron chi connectivity index (χ3n) is 4.98. The fourth-order valence-electron chi connectivity index (χ4n) is 3.47. The van der Waals surface area contributed by atoms with E-state index in [0.29, 0.717) is 29.7 Å². The first kappa shape index (κ1) is 20.9. The van der Waals surface area contributed by atoms with Crippen LogP contribution in [0.4, 0.5) is 19.0 Å². The van der Waals surface area contributed by atoms with Crippen LogP contribution in [0.2, 0.25) is 0 Å². The molecule has 1 fully saturated rings. The summed E-state index contributed by atoms with van der Waals surface area (Å²) in [6.45, 7) is 5.28. The molecule has 0 radical (unpaired) electrons. The van der Waals surface area contributed by atoms with Crippen molar-refractivity contribution in [3.63, 3.8) is 0 Å². The number of halogens is 3. The standard InChI is InChI=1S/C20H21F3N4O2/c1-18(2,3)27-16(25-17(28)20(21,22)23)8-15(26-27)13-9-19(29,10-13)14-6-4-5-12(7-14)11-24/h4-8,13,29H,9-10H2,1-3H3,(H,25,28). The van der Waals surface area contributed by atoms with Crippen molar-refractivity contribution in [1.82, 2.24) is 9.78 Å². The topological polar surface area (TPSA) is 90.9 Å². The highest BCUT2D eigenvalue weighted by Crippen LogP contribution is 2.51. The van der Waals surface area contributed by atoms with Gasteiger partial charge in [0, 0.05) is 12.0 Å². The lowest BCUT2D eigenvalue weighted by Gasteiger charge is -2.43. The van der Waals surface area contributed by atoms with Gasteiger partial charge in [-0.25, -0.2) is 4.68 Å². The monoisotopic (exact) mass is 406 g/mol. The third kappa shape index (κ3) is 4.12. The van der Waals surface area contributed by atoms with Crippen LogP contribution in [0.25, 0.3) is 0 Å². The summed E-state index contributed by atoms with van der Waals surface area (Å²) in [7, 11) is 0. The number of carbonyl (C=O) groups excluding carboxylic acids is 1. The summed E-state index contributed by atoms with van der Waals surface area (Å²) >= 11 is 0. The van der Waals surface area contributed by atoms with Gasteiger partial charge < -0.3 is 10.4 Å². The molecule has 6 nitrogen and oxygen atoms in total. The zero-order valence-corrected chi connectivity index (χ0v) is 16.2. The van der Waals surface area contributed by atoms with Crippen LogP contribution in [0.15, 0.2) is 30.3 Å². The second kappa shape index (κ2) is 6.88. The second-order valence-electron chi connectivity index (χ2n) is 8.32. The summed E-state index contributed by atoms with van der Waals surface area (Å²) < 4.78 is 39.3. The first-order valence-corrected chi connectivity index (χ1v) is 9.05. The number of nitrogens with zero attached hydrogens (tertiary/aromatic N) is 3. The Labute approximate surface area is 165 Å². The van der Waals surface area contributed by atoms with Crippen LogP contribution in [0.5, 0.6) is 0 Å². The molecule has 0 bridgehead atoms. The van der Waals surface area contributed by atoms with E-state index in [2.05, 4.69) is 5.10 Å². The van der Waals surface area contributed by atoms with Crippen LogP contribution in [0.3, 0.4) is 0 Å². The fourth-order valence-corrected chi connectivity index (χ4v) is 3.47. The normalized spacial score (nSPS) is 21.9. The van der Waals surface area contributed by atoms with Crippen molar-refractivity contribution in [2.45, 2.75) is 56.8 Å². The van der Waals surface area contributed by atoms with E-state index in [1.165, 1.54) is 10.7 Å². The van der Waals surface area contributed by atoms with Crippen molar-refractivity contribution < 1.29 is 23.1 Å². The zero-order valence-electron chi connectivity index (χ0n) is 16.2. The Kier molecular flexibility index (Phi) is 4.95. The molecule has 0 atom stereocenters. The Balaban J connectivity index is 1.84. The van der Waals surface area contributed by atoms with Crippen molar-refractivity contribution in [3.05, 3.63) is 47.2 Å². The summed E-state index contributed by atoms with van der Waals surface area (Å²) in [5.41, 5.74) is -0.229. The Morgan fingerprint density at radius 2 is 1.97 bits per heavy atom. The number of nitriles is 1. The molecule has 0 aliphatic heterocycles. The van der Waals surface area contributed by atoms with Gasteiger partial charge in [-0.05, 0) is 51.3 Å². The molecule has 0 saturated heterocycles. The van der Waals surface area contributed by atoms with Gasteiger partial charge in [-0.3, -0.25) is 4.79 Å². The van der Waals surface area contributed by atoms with Crippen molar-refractivity contribution in [3.8, 4) is 6.07 Å². The first-order chi connectivity index (χ1) is 13.3. The number of anilines is 1. The molecule has 2 N–H and O–H groups in total. The SMILES string of the molecule is CC(C)(C)n1nc(C2CC(O)(c3cccc(C#N)c3)C2)cc1NC(=O)C(F)(F)F. The minimum absolute atomic E-state index is 0.0447. The molecule has 9 heteroatoms. The van der Waals surface area contributed by atoms with Gasteiger partial charge >= 0.3 is 12.1 Å². The summed E-state index contributed by atoms with van der Waals surface area (Å²) in [6, 6.07) is 10.1. The summed E-state index contributed by atoms with van der Waals surface area (Å²) in [5.74, 6) is -2.29. The molecule has 1 aliphatic carbocycles. The smallest absolute Gasteiger partial charge is 0.385 e. The van der Waals surface area contributed by atoms with Crippen LogP contribution in [-0.4, -0.2) is 27.0 Å². The Morgan fingerprint density at radius 1 is 1.31 bits per heavy atom. The second-order valence-corrected chi connectivity index (χ2v) is 8.32. The van der Waals surface area contributed by atoms with Crippen LogP contribution >= 0.6 is 0 Å². The van der Waals surface area contributed by atoms with Crippen molar-refractivity contribution in [1.29, 1.82) is 5.26 Å². The lowest BCUT2D eigenvalue weighted by molar-refractivity contribution is -0.167. The molecule has 2 aromatic rings. The zero-order chi connectivity index (χ0) is 21.6. The molecule has 1 aromatic carbocycles. The van der Waals surface area contributed by atoms with E-state index in [4.69, 9.17) is 5.26 Å². The molecule has 1 aliphatic rings. The van der Waals surface area contributed by atoms with E-state index in [9.17, 15) is 23.1 Å². The number of aliphatic hydroxyl groups is 1. The highest BCUT2D eigenvalue weighted by Gasteiger charge is 2.46. The van der Waals surface area contributed by atoms with Gasteiger partial charge in [-0.2, -0.15) is 23.5 Å². The predicted molar refractivity (Wildman–Crippen MR) is 98.9 cm³/mol. The minimum atomic E-state index is -5.00. The van der Waals surface area contributed by atoms with E-state index in [0.717, 1.165) is 0 Å². The van der Waals surface area contributed by atoms with E-state index in [-0.39, 0.29) is 11.7 Å². The van der Waals surface area contributed by atoms with Crippen LogP contribution in [-0.2, 0) is 15.9 Å². The van der Waals surface area contributed by atoms with Gasteiger partial charge in [-0.1, -0.05) is 12.1 Å². The molecule has 1 aromatic heterocycles. The number of amides is 1. The highest BCUT2D eigenvalue weighted by atomic mass is 19.4. The fraction of sp³-hybridized carbons (Fsp3) is 0.450. The van der Waals surface area contributed by atoms with Crippen LogP contribution in [0, 0.1) is 11.3 Å². The molecular formula is C20H21F3N4O2. The maximum Gasteiger partial charge on any atom is 0.471 e. The number of rotatable bonds is 3. The first-order valence-electron chi connectivity index (χ1n) is 9.05. The molecule has 1 saturated carbocycles. The van der Waals surface area contributed by atoms with Gasteiger partial charge in [0.05, 0.1) is 28.5 Å². The van der Waals surface area contributed by atoms with E-state index < -0.39 is 23.2 Å². The van der Waals surface area contributed by atoms with Crippen molar-refractivity contribution in [2.24, 2.45) is 0 Å². The van der Waals surface area contributed by atoms with E-state index in [1.54, 1.807) is 45.0 Å². The van der Waals surface area contributed by atoms with Gasteiger partial charge in [0.25, 0.3) is 0 Å². The average molecular weight is 406 g/mol. The molecule has 3 rings (SSSR count). The lowest BCUT2D eigenvalue weighted by atomic mass is 9.66. The Hall–Kier alpha value is -2.86. The van der Waals surface area contributed by atoms with Crippen molar-refractivity contribution in [2.75, 3.05) is 5.32 Å². The summed E-state index contributed by atoms with van der Waals surface area (Å²) in [4.78, 5) is 11.4. The molecule has 0 spiro atoms. The van der Waals surface area contributed by atoms with Gasteiger partial charge in [-0.15, -0.1) is 0 Å². The maximum absolute atomic E-state index is 12.7.